The van der Waals surface area contributed by atoms with E-state index in [1.165, 1.54) is 0 Å². The Kier molecular flexibility index (Phi) is 3.99. The lowest BCUT2D eigenvalue weighted by Crippen LogP contribution is -2.02. The molecule has 0 saturated heterocycles. The van der Waals surface area contributed by atoms with Crippen LogP contribution in [0.15, 0.2) is 28.6 Å². The van der Waals surface area contributed by atoms with Gasteiger partial charge in [0.2, 0.25) is 14.2 Å². The zero-order chi connectivity index (χ0) is 13.2. The predicted molar refractivity (Wildman–Crippen MR) is 71.9 cm³/mol. The molecule has 0 N–H and O–H groups in total. The normalized spacial score (nSPS) is 11.7. The molecular formula is C11H11ClN2O2S2. The van der Waals surface area contributed by atoms with Gasteiger partial charge < -0.3 is 0 Å². The van der Waals surface area contributed by atoms with Gasteiger partial charge in [-0.05, 0) is 17.7 Å². The molecule has 0 amide bonds. The maximum absolute atomic E-state index is 11.6. The number of benzene rings is 1. The second-order valence-corrected chi connectivity index (χ2v) is 7.62. The van der Waals surface area contributed by atoms with Crippen LogP contribution in [0.3, 0.4) is 0 Å². The minimum absolute atomic E-state index is 0.0442. The fourth-order valence-electron chi connectivity index (χ4n) is 1.34. The van der Waals surface area contributed by atoms with Gasteiger partial charge in [-0.25, -0.2) is 8.42 Å². The molecule has 7 heteroatoms. The van der Waals surface area contributed by atoms with Gasteiger partial charge in [-0.2, -0.15) is 0 Å². The summed E-state index contributed by atoms with van der Waals surface area (Å²) >= 11 is 6.91. The van der Waals surface area contributed by atoms with Crippen molar-refractivity contribution in [3.8, 4) is 0 Å². The van der Waals surface area contributed by atoms with Gasteiger partial charge in [-0.3, -0.25) is 0 Å². The maximum Gasteiger partial charge on any atom is 0.232 e. The molecule has 1 heterocycles. The second kappa shape index (κ2) is 5.34. The summed E-state index contributed by atoms with van der Waals surface area (Å²) in [5, 5.41) is 8.99. The Morgan fingerprint density at radius 1 is 1.22 bits per heavy atom. The molecule has 2 aromatic rings. The summed E-state index contributed by atoms with van der Waals surface area (Å²) in [5.74, 6) is 0.0442. The summed E-state index contributed by atoms with van der Waals surface area (Å²) in [6.45, 7) is 1.59. The first-order valence-electron chi connectivity index (χ1n) is 5.31. The van der Waals surface area contributed by atoms with Crippen LogP contribution in [0, 0.1) is 0 Å². The molecule has 2 rings (SSSR count). The highest BCUT2D eigenvalue weighted by molar-refractivity contribution is 7.93. The molecule has 18 heavy (non-hydrogen) atoms. The number of aromatic nitrogens is 2. The van der Waals surface area contributed by atoms with Crippen molar-refractivity contribution in [2.24, 2.45) is 0 Å². The van der Waals surface area contributed by atoms with E-state index >= 15 is 0 Å². The molecule has 0 aliphatic carbocycles. The standard InChI is InChI=1S/C11H11ClN2O2S2/c1-2-18(15,16)11-14-13-10(17-11)7-8-3-5-9(12)6-4-8/h3-6H,2,7H2,1H3. The Hall–Kier alpha value is -0.980. The average molecular weight is 303 g/mol. The lowest BCUT2D eigenvalue weighted by atomic mass is 10.2. The van der Waals surface area contributed by atoms with Crippen LogP contribution < -0.4 is 0 Å². The summed E-state index contributed by atoms with van der Waals surface area (Å²) in [6.07, 6.45) is 0.564. The maximum atomic E-state index is 11.6. The third-order valence-corrected chi connectivity index (χ3v) is 5.72. The van der Waals surface area contributed by atoms with E-state index in [4.69, 9.17) is 11.6 Å². The van der Waals surface area contributed by atoms with E-state index in [9.17, 15) is 8.42 Å². The smallest absolute Gasteiger partial charge is 0.221 e. The fraction of sp³-hybridized carbons (Fsp3) is 0.273. The highest BCUT2D eigenvalue weighted by Crippen LogP contribution is 2.20. The number of sulfone groups is 1. The summed E-state index contributed by atoms with van der Waals surface area (Å²) < 4.78 is 23.3. The number of hydrogen-bond donors (Lipinski definition) is 0. The topological polar surface area (TPSA) is 59.9 Å². The molecule has 0 atom stereocenters. The van der Waals surface area contributed by atoms with Gasteiger partial charge in [0, 0.05) is 11.4 Å². The summed E-state index contributed by atoms with van der Waals surface area (Å²) in [6, 6.07) is 7.36. The van der Waals surface area contributed by atoms with Crippen molar-refractivity contribution in [3.63, 3.8) is 0 Å². The zero-order valence-corrected chi connectivity index (χ0v) is 12.0. The Bertz CT molecular complexity index is 635. The molecule has 1 aromatic heterocycles. The first kappa shape index (κ1) is 13.5. The largest absolute Gasteiger partial charge is 0.232 e. The van der Waals surface area contributed by atoms with Crippen molar-refractivity contribution in [3.05, 3.63) is 39.9 Å². The fourth-order valence-corrected chi connectivity index (χ4v) is 3.63. The second-order valence-electron chi connectivity index (χ2n) is 3.67. The van der Waals surface area contributed by atoms with Crippen molar-refractivity contribution in [1.82, 2.24) is 10.2 Å². The lowest BCUT2D eigenvalue weighted by molar-refractivity contribution is 0.595. The third-order valence-electron chi connectivity index (χ3n) is 2.36. The molecule has 0 aliphatic rings. The molecule has 0 fully saturated rings. The summed E-state index contributed by atoms with van der Waals surface area (Å²) in [7, 11) is -3.25. The van der Waals surface area contributed by atoms with Crippen molar-refractivity contribution in [1.29, 1.82) is 0 Å². The van der Waals surface area contributed by atoms with Gasteiger partial charge in [-0.15, -0.1) is 10.2 Å². The lowest BCUT2D eigenvalue weighted by Gasteiger charge is -1.96. The molecule has 0 saturated carbocycles. The number of hydrogen-bond acceptors (Lipinski definition) is 5. The van der Waals surface area contributed by atoms with Gasteiger partial charge in [0.25, 0.3) is 0 Å². The van der Waals surface area contributed by atoms with Gasteiger partial charge in [-0.1, -0.05) is 42.0 Å². The Morgan fingerprint density at radius 3 is 2.50 bits per heavy atom. The highest BCUT2D eigenvalue weighted by Gasteiger charge is 2.17. The molecule has 1 aromatic carbocycles. The SMILES string of the molecule is CCS(=O)(=O)c1nnc(Cc2ccc(Cl)cc2)s1. The van der Waals surface area contributed by atoms with Crippen LogP contribution >= 0.6 is 22.9 Å². The number of halogens is 1. The van der Waals surface area contributed by atoms with E-state index in [2.05, 4.69) is 10.2 Å². The Morgan fingerprint density at radius 2 is 1.89 bits per heavy atom. The summed E-state index contributed by atoms with van der Waals surface area (Å²) in [4.78, 5) is 0. The number of rotatable bonds is 4. The average Bonchev–Trinajstić information content (AvgIpc) is 2.81. The van der Waals surface area contributed by atoms with E-state index in [-0.39, 0.29) is 10.1 Å². The van der Waals surface area contributed by atoms with Gasteiger partial charge >= 0.3 is 0 Å². The van der Waals surface area contributed by atoms with Crippen molar-refractivity contribution < 1.29 is 8.42 Å². The van der Waals surface area contributed by atoms with Gasteiger partial charge in [0.1, 0.15) is 5.01 Å². The van der Waals surface area contributed by atoms with Crippen LogP contribution in [0.25, 0.3) is 0 Å². The van der Waals surface area contributed by atoms with Crippen LogP contribution in [0.2, 0.25) is 5.02 Å². The van der Waals surface area contributed by atoms with Crippen LogP contribution in [0.1, 0.15) is 17.5 Å². The van der Waals surface area contributed by atoms with Gasteiger partial charge in [0.05, 0.1) is 5.75 Å². The Balaban J connectivity index is 2.19. The van der Waals surface area contributed by atoms with Crippen LogP contribution in [-0.2, 0) is 16.3 Å². The molecule has 0 spiro atoms. The first-order chi connectivity index (χ1) is 8.51. The van der Waals surface area contributed by atoms with E-state index in [0.29, 0.717) is 16.5 Å². The molecule has 0 bridgehead atoms. The number of nitrogens with zero attached hydrogens (tertiary/aromatic N) is 2. The molecular weight excluding hydrogens is 292 g/mol. The minimum Gasteiger partial charge on any atom is -0.221 e. The van der Waals surface area contributed by atoms with Gasteiger partial charge in [0.15, 0.2) is 0 Å². The zero-order valence-electron chi connectivity index (χ0n) is 9.63. The van der Waals surface area contributed by atoms with E-state index in [1.54, 1.807) is 19.1 Å². The van der Waals surface area contributed by atoms with Crippen LogP contribution in [-0.4, -0.2) is 24.4 Å². The Labute approximate surface area is 115 Å². The van der Waals surface area contributed by atoms with Crippen molar-refractivity contribution >= 4 is 32.8 Å². The summed E-state index contributed by atoms with van der Waals surface area (Å²) in [5.41, 5.74) is 1.02. The molecule has 0 radical (unpaired) electrons. The first-order valence-corrected chi connectivity index (χ1v) is 8.15. The van der Waals surface area contributed by atoms with Crippen LogP contribution in [0.5, 0.6) is 0 Å². The molecule has 96 valence electrons. The molecule has 0 aliphatic heterocycles. The molecule has 4 nitrogen and oxygen atoms in total. The van der Waals surface area contributed by atoms with Crippen LogP contribution in [0.4, 0.5) is 0 Å². The highest BCUT2D eigenvalue weighted by atomic mass is 35.5. The molecule has 0 unspecified atom stereocenters. The van der Waals surface area contributed by atoms with E-state index in [0.717, 1.165) is 16.9 Å². The monoisotopic (exact) mass is 302 g/mol. The van der Waals surface area contributed by atoms with E-state index < -0.39 is 9.84 Å². The van der Waals surface area contributed by atoms with Crippen molar-refractivity contribution in [2.45, 2.75) is 17.7 Å². The quantitative estimate of drug-likeness (QED) is 0.871. The predicted octanol–water partition coefficient (Wildman–Crippen LogP) is 2.58. The van der Waals surface area contributed by atoms with E-state index in [1.807, 2.05) is 12.1 Å². The van der Waals surface area contributed by atoms with Crippen molar-refractivity contribution in [2.75, 3.05) is 5.75 Å². The minimum atomic E-state index is -3.25. The third kappa shape index (κ3) is 3.07.